The van der Waals surface area contributed by atoms with Crippen LogP contribution in [0.2, 0.25) is 5.02 Å². The van der Waals surface area contributed by atoms with E-state index in [0.717, 1.165) is 0 Å². The molecule has 110 valence electrons. The van der Waals surface area contributed by atoms with Gasteiger partial charge in [-0.25, -0.2) is 4.39 Å². The van der Waals surface area contributed by atoms with Crippen LogP contribution in [0.1, 0.15) is 0 Å². The molecule has 0 spiro atoms. The highest BCUT2D eigenvalue weighted by Crippen LogP contribution is 2.19. The molecule has 0 saturated carbocycles. The van der Waals surface area contributed by atoms with Crippen molar-refractivity contribution >= 4 is 23.2 Å². The summed E-state index contributed by atoms with van der Waals surface area (Å²) < 4.78 is 18.3. The number of carbonyl (C=O) groups is 1. The maximum Gasteiger partial charge on any atom is 0.238 e. The molecule has 1 fully saturated rings. The molecular formula is C13H16ClFN2O3. The maximum absolute atomic E-state index is 13.0. The lowest BCUT2D eigenvalue weighted by molar-refractivity contribution is -0.120. The molecule has 1 heterocycles. The Kier molecular flexibility index (Phi) is 5.31. The lowest BCUT2D eigenvalue weighted by atomic mass is 10.2. The van der Waals surface area contributed by atoms with Crippen LogP contribution < -0.4 is 5.32 Å². The average molecular weight is 303 g/mol. The number of aliphatic hydroxyl groups is 1. The molecule has 1 saturated heterocycles. The number of nitrogens with zero attached hydrogens (tertiary/aromatic N) is 1. The van der Waals surface area contributed by atoms with Crippen molar-refractivity contribution in [2.75, 3.05) is 38.2 Å². The average Bonchev–Trinajstić information content (AvgIpc) is 2.43. The van der Waals surface area contributed by atoms with Crippen molar-refractivity contribution in [2.45, 2.75) is 6.10 Å². The molecule has 1 aliphatic heterocycles. The van der Waals surface area contributed by atoms with Crippen molar-refractivity contribution in [1.82, 2.24) is 4.90 Å². The largest absolute Gasteiger partial charge is 0.394 e. The smallest absolute Gasteiger partial charge is 0.238 e. The maximum atomic E-state index is 13.0. The molecule has 1 aliphatic rings. The van der Waals surface area contributed by atoms with Gasteiger partial charge in [0.2, 0.25) is 5.91 Å². The fraction of sp³-hybridized carbons (Fsp3) is 0.462. The van der Waals surface area contributed by atoms with E-state index in [2.05, 4.69) is 5.32 Å². The number of hydrogen-bond acceptors (Lipinski definition) is 4. The summed E-state index contributed by atoms with van der Waals surface area (Å²) in [5, 5.41) is 11.7. The standard InChI is InChI=1S/C13H16ClFN2O3/c14-11-5-9(1-2-12(11)15)16-13(19)7-17-3-4-20-10(6-17)8-18/h1-2,5,10,18H,3-4,6-8H2,(H,16,19). The van der Waals surface area contributed by atoms with Crippen molar-refractivity contribution in [2.24, 2.45) is 0 Å². The number of anilines is 1. The highest BCUT2D eigenvalue weighted by atomic mass is 35.5. The molecule has 7 heteroatoms. The molecule has 5 nitrogen and oxygen atoms in total. The van der Waals surface area contributed by atoms with Gasteiger partial charge in [-0.05, 0) is 18.2 Å². The van der Waals surface area contributed by atoms with Crippen LogP contribution >= 0.6 is 11.6 Å². The number of morpholine rings is 1. The Labute approximate surface area is 121 Å². The van der Waals surface area contributed by atoms with Crippen LogP contribution in [0, 0.1) is 5.82 Å². The predicted molar refractivity (Wildman–Crippen MR) is 73.3 cm³/mol. The SMILES string of the molecule is O=C(CN1CCOC(CO)C1)Nc1ccc(F)c(Cl)c1. The van der Waals surface area contributed by atoms with E-state index in [9.17, 15) is 9.18 Å². The van der Waals surface area contributed by atoms with Crippen LogP contribution in [0.25, 0.3) is 0 Å². The van der Waals surface area contributed by atoms with E-state index in [1.165, 1.54) is 18.2 Å². The van der Waals surface area contributed by atoms with E-state index < -0.39 is 5.82 Å². The summed E-state index contributed by atoms with van der Waals surface area (Å²) in [6.07, 6.45) is -0.253. The third kappa shape index (κ3) is 4.14. The lowest BCUT2D eigenvalue weighted by Crippen LogP contribution is -2.46. The monoisotopic (exact) mass is 302 g/mol. The van der Waals surface area contributed by atoms with Crippen LogP contribution in [-0.4, -0.2) is 54.9 Å². The lowest BCUT2D eigenvalue weighted by Gasteiger charge is -2.31. The van der Waals surface area contributed by atoms with Crippen LogP contribution in [0.15, 0.2) is 18.2 Å². The minimum atomic E-state index is -0.524. The quantitative estimate of drug-likeness (QED) is 0.875. The number of nitrogens with one attached hydrogen (secondary N) is 1. The second-order valence-corrected chi connectivity index (χ2v) is 4.99. The Hall–Kier alpha value is -1.21. The molecule has 0 bridgehead atoms. The van der Waals surface area contributed by atoms with Gasteiger partial charge < -0.3 is 15.2 Å². The van der Waals surface area contributed by atoms with Crippen molar-refractivity contribution in [3.05, 3.63) is 29.0 Å². The number of ether oxygens (including phenoxy) is 1. The Bertz CT molecular complexity index is 487. The first-order valence-electron chi connectivity index (χ1n) is 6.28. The van der Waals surface area contributed by atoms with Gasteiger partial charge in [0, 0.05) is 18.8 Å². The molecule has 2 N–H and O–H groups in total. The zero-order chi connectivity index (χ0) is 14.5. The van der Waals surface area contributed by atoms with Crippen molar-refractivity contribution < 1.29 is 19.0 Å². The molecule has 1 unspecified atom stereocenters. The predicted octanol–water partition coefficient (Wildman–Crippen LogP) is 1.11. The molecular weight excluding hydrogens is 287 g/mol. The van der Waals surface area contributed by atoms with Crippen molar-refractivity contribution in [1.29, 1.82) is 0 Å². The fourth-order valence-electron chi connectivity index (χ4n) is 2.01. The summed E-state index contributed by atoms with van der Waals surface area (Å²) in [5.74, 6) is -0.741. The molecule has 20 heavy (non-hydrogen) atoms. The number of rotatable bonds is 4. The first-order valence-corrected chi connectivity index (χ1v) is 6.66. The first-order chi connectivity index (χ1) is 9.58. The molecule has 1 amide bonds. The van der Waals surface area contributed by atoms with Crippen LogP contribution in [0.5, 0.6) is 0 Å². The Morgan fingerprint density at radius 3 is 3.10 bits per heavy atom. The molecule has 0 radical (unpaired) electrons. The minimum Gasteiger partial charge on any atom is -0.394 e. The fourth-order valence-corrected chi connectivity index (χ4v) is 2.19. The minimum absolute atomic E-state index is 0.0329. The topological polar surface area (TPSA) is 61.8 Å². The summed E-state index contributed by atoms with van der Waals surface area (Å²) in [5.41, 5.74) is 0.452. The van der Waals surface area contributed by atoms with E-state index in [-0.39, 0.29) is 30.2 Å². The number of carbonyl (C=O) groups excluding carboxylic acids is 1. The van der Waals surface area contributed by atoms with E-state index in [1.54, 1.807) is 0 Å². The third-order valence-electron chi connectivity index (χ3n) is 3.00. The Morgan fingerprint density at radius 1 is 1.60 bits per heavy atom. The first kappa shape index (κ1) is 15.2. The second-order valence-electron chi connectivity index (χ2n) is 4.59. The van der Waals surface area contributed by atoms with Gasteiger partial charge in [-0.3, -0.25) is 9.69 Å². The number of aliphatic hydroxyl groups excluding tert-OH is 1. The van der Waals surface area contributed by atoms with Crippen molar-refractivity contribution in [3.8, 4) is 0 Å². The molecule has 0 aromatic heterocycles. The van der Waals surface area contributed by atoms with Gasteiger partial charge in [0.1, 0.15) is 5.82 Å². The van der Waals surface area contributed by atoms with Gasteiger partial charge in [-0.1, -0.05) is 11.6 Å². The molecule has 1 aromatic rings. The van der Waals surface area contributed by atoms with Gasteiger partial charge in [-0.15, -0.1) is 0 Å². The van der Waals surface area contributed by atoms with Gasteiger partial charge in [0.05, 0.1) is 30.9 Å². The summed E-state index contributed by atoms with van der Waals surface area (Å²) in [6.45, 7) is 1.75. The van der Waals surface area contributed by atoms with Crippen LogP contribution in [-0.2, 0) is 9.53 Å². The second kappa shape index (κ2) is 6.99. The number of halogens is 2. The van der Waals surface area contributed by atoms with E-state index in [1.807, 2.05) is 4.90 Å². The van der Waals surface area contributed by atoms with Gasteiger partial charge in [-0.2, -0.15) is 0 Å². The Morgan fingerprint density at radius 2 is 2.40 bits per heavy atom. The summed E-state index contributed by atoms with van der Waals surface area (Å²) in [7, 11) is 0. The van der Waals surface area contributed by atoms with E-state index >= 15 is 0 Å². The van der Waals surface area contributed by atoms with Gasteiger partial charge in [0.15, 0.2) is 0 Å². The summed E-state index contributed by atoms with van der Waals surface area (Å²) in [4.78, 5) is 13.8. The Balaban J connectivity index is 1.87. The van der Waals surface area contributed by atoms with Crippen molar-refractivity contribution in [3.63, 3.8) is 0 Å². The molecule has 1 atom stereocenters. The van der Waals surface area contributed by atoms with Crippen LogP contribution in [0.4, 0.5) is 10.1 Å². The molecule has 0 aliphatic carbocycles. The summed E-state index contributed by atoms with van der Waals surface area (Å²) in [6, 6.07) is 4.02. The molecule has 1 aromatic carbocycles. The summed E-state index contributed by atoms with van der Waals surface area (Å²) >= 11 is 5.65. The van der Waals surface area contributed by atoms with E-state index in [4.69, 9.17) is 21.4 Å². The highest BCUT2D eigenvalue weighted by Gasteiger charge is 2.21. The van der Waals surface area contributed by atoms with Crippen LogP contribution in [0.3, 0.4) is 0 Å². The molecule has 2 rings (SSSR count). The normalized spacial score (nSPS) is 19.9. The third-order valence-corrected chi connectivity index (χ3v) is 3.29. The highest BCUT2D eigenvalue weighted by molar-refractivity contribution is 6.31. The number of benzene rings is 1. The zero-order valence-corrected chi connectivity index (χ0v) is 11.6. The zero-order valence-electron chi connectivity index (χ0n) is 10.8. The van der Waals surface area contributed by atoms with Gasteiger partial charge >= 0.3 is 0 Å². The number of hydrogen-bond donors (Lipinski definition) is 2. The van der Waals surface area contributed by atoms with Gasteiger partial charge in [0.25, 0.3) is 0 Å². The number of amides is 1. The van der Waals surface area contributed by atoms with E-state index in [0.29, 0.717) is 25.4 Å².